The number of carbonyl (C=O) groups is 2. The van der Waals surface area contributed by atoms with Gasteiger partial charge in [0.25, 0.3) is 5.60 Å². The Morgan fingerprint density at radius 3 is 2.87 bits per heavy atom. The number of methoxy groups -OCH3 is 1. The van der Waals surface area contributed by atoms with E-state index in [2.05, 4.69) is 4.74 Å². The molecule has 2 atom stereocenters. The minimum absolute atomic E-state index is 0.158. The Labute approximate surface area is 129 Å². The quantitative estimate of drug-likeness (QED) is 0.609. The van der Waals surface area contributed by atoms with E-state index in [0.29, 0.717) is 13.0 Å². The highest BCUT2D eigenvalue weighted by Crippen LogP contribution is 2.50. The smallest absolute Gasteiger partial charge is 0.433 e. The molecule has 0 N–H and O–H groups in total. The largest absolute Gasteiger partial charge is 0.466 e. The molecule has 1 saturated heterocycles. The topological polar surface area (TPSA) is 69.0 Å². The van der Waals surface area contributed by atoms with Crippen molar-refractivity contribution in [3.05, 3.63) is 17.4 Å². The third-order valence-corrected chi connectivity index (χ3v) is 4.23. The minimum Gasteiger partial charge on any atom is -0.466 e. The molecule has 0 aromatic carbocycles. The van der Waals surface area contributed by atoms with E-state index in [1.807, 2.05) is 0 Å². The molecular formula is C14H14F3NO5. The number of anilines is 1. The van der Waals surface area contributed by atoms with Gasteiger partial charge in [-0.3, -0.25) is 4.79 Å². The van der Waals surface area contributed by atoms with Gasteiger partial charge in [0.05, 0.1) is 25.3 Å². The zero-order chi connectivity index (χ0) is 16.8. The van der Waals surface area contributed by atoms with Gasteiger partial charge >= 0.3 is 12.1 Å². The lowest BCUT2D eigenvalue weighted by atomic mass is 9.94. The Morgan fingerprint density at radius 2 is 2.26 bits per heavy atom. The van der Waals surface area contributed by atoms with Gasteiger partial charge in [-0.05, 0) is 18.9 Å². The summed E-state index contributed by atoms with van der Waals surface area (Å²) in [5.41, 5.74) is -3.84. The Hall–Kier alpha value is -2.03. The van der Waals surface area contributed by atoms with E-state index in [-0.39, 0.29) is 30.6 Å². The number of ether oxygens (including phenoxy) is 2. The standard InChI is InChI=1S/C14H14F3NO5/c1-21-12(20)13(14(15,16)17)10-5-9(6-19)23-11(10)18-4-2-3-8(18)7-22-13/h5-6,8H,2-4,7H2,1H3/t8-,13?/m0/s1. The van der Waals surface area contributed by atoms with Crippen molar-refractivity contribution in [2.24, 2.45) is 0 Å². The number of esters is 1. The molecule has 2 aliphatic rings. The highest BCUT2D eigenvalue weighted by atomic mass is 19.4. The molecule has 1 aromatic rings. The van der Waals surface area contributed by atoms with Gasteiger partial charge in [-0.15, -0.1) is 0 Å². The molecule has 9 heteroatoms. The molecule has 0 radical (unpaired) electrons. The molecule has 0 bridgehead atoms. The van der Waals surface area contributed by atoms with Crippen LogP contribution in [-0.2, 0) is 19.9 Å². The van der Waals surface area contributed by atoms with Crippen molar-refractivity contribution >= 4 is 18.1 Å². The number of fused-ring (bicyclic) bond motifs is 3. The van der Waals surface area contributed by atoms with E-state index in [1.54, 1.807) is 4.90 Å². The van der Waals surface area contributed by atoms with Gasteiger partial charge < -0.3 is 18.8 Å². The number of furan rings is 1. The van der Waals surface area contributed by atoms with Crippen LogP contribution < -0.4 is 4.90 Å². The summed E-state index contributed by atoms with van der Waals surface area (Å²) in [7, 11) is 0.853. The van der Waals surface area contributed by atoms with Gasteiger partial charge in [0.15, 0.2) is 12.0 Å². The van der Waals surface area contributed by atoms with Crippen molar-refractivity contribution in [2.75, 3.05) is 25.2 Å². The predicted octanol–water partition coefficient (Wildman–Crippen LogP) is 2.02. The zero-order valence-electron chi connectivity index (χ0n) is 12.2. The lowest BCUT2D eigenvalue weighted by molar-refractivity contribution is -0.282. The molecule has 23 heavy (non-hydrogen) atoms. The first kappa shape index (κ1) is 15.9. The van der Waals surface area contributed by atoms with Crippen LogP contribution in [0.1, 0.15) is 29.0 Å². The lowest BCUT2D eigenvalue weighted by Crippen LogP contribution is -2.52. The van der Waals surface area contributed by atoms with E-state index in [9.17, 15) is 22.8 Å². The second-order valence-electron chi connectivity index (χ2n) is 5.46. The summed E-state index contributed by atoms with van der Waals surface area (Å²) in [6.07, 6.45) is -3.43. The molecule has 3 heterocycles. The van der Waals surface area contributed by atoms with Crippen LogP contribution in [0.25, 0.3) is 0 Å². The van der Waals surface area contributed by atoms with Crippen molar-refractivity contribution in [1.29, 1.82) is 0 Å². The third-order valence-electron chi connectivity index (χ3n) is 4.23. The number of alkyl halides is 3. The summed E-state index contributed by atoms with van der Waals surface area (Å²) < 4.78 is 56.1. The summed E-state index contributed by atoms with van der Waals surface area (Å²) in [6, 6.07) is 0.543. The van der Waals surface area contributed by atoms with E-state index in [1.165, 1.54) is 0 Å². The van der Waals surface area contributed by atoms with Crippen LogP contribution in [-0.4, -0.2) is 44.7 Å². The van der Waals surface area contributed by atoms with Crippen LogP contribution >= 0.6 is 0 Å². The van der Waals surface area contributed by atoms with Crippen LogP contribution in [0.2, 0.25) is 0 Å². The number of carbonyl (C=O) groups excluding carboxylic acids is 2. The highest BCUT2D eigenvalue weighted by molar-refractivity contribution is 5.86. The maximum atomic E-state index is 13.8. The molecule has 1 fully saturated rings. The Bertz CT molecular complexity index is 641. The van der Waals surface area contributed by atoms with Crippen LogP contribution in [0, 0.1) is 0 Å². The summed E-state index contributed by atoms with van der Waals surface area (Å²) >= 11 is 0. The van der Waals surface area contributed by atoms with E-state index in [0.717, 1.165) is 19.6 Å². The molecule has 0 amide bonds. The lowest BCUT2D eigenvalue weighted by Gasteiger charge is -2.31. The molecule has 0 saturated carbocycles. The van der Waals surface area contributed by atoms with Gasteiger partial charge in [-0.25, -0.2) is 4.79 Å². The van der Waals surface area contributed by atoms with Crippen molar-refractivity contribution in [2.45, 2.75) is 30.7 Å². The first-order chi connectivity index (χ1) is 10.8. The van der Waals surface area contributed by atoms with Gasteiger partial charge in [-0.2, -0.15) is 13.2 Å². The second kappa shape index (κ2) is 5.26. The van der Waals surface area contributed by atoms with Crippen LogP contribution in [0.3, 0.4) is 0 Å². The van der Waals surface area contributed by atoms with Crippen LogP contribution in [0.15, 0.2) is 10.5 Å². The average Bonchev–Trinajstić information content (AvgIpc) is 3.10. The molecule has 1 unspecified atom stereocenters. The van der Waals surface area contributed by atoms with Crippen molar-refractivity contribution in [1.82, 2.24) is 0 Å². The van der Waals surface area contributed by atoms with Gasteiger partial charge in [0, 0.05) is 6.54 Å². The van der Waals surface area contributed by atoms with Crippen LogP contribution in [0.5, 0.6) is 0 Å². The fraction of sp³-hybridized carbons (Fsp3) is 0.571. The Kier molecular flexibility index (Phi) is 3.62. The monoisotopic (exact) mass is 333 g/mol. The summed E-state index contributed by atoms with van der Waals surface area (Å²) in [4.78, 5) is 24.6. The minimum atomic E-state index is -5.07. The molecule has 1 aromatic heterocycles. The fourth-order valence-electron chi connectivity index (χ4n) is 3.16. The molecule has 3 rings (SSSR count). The Morgan fingerprint density at radius 1 is 1.52 bits per heavy atom. The number of hydrogen-bond donors (Lipinski definition) is 0. The van der Waals surface area contributed by atoms with Crippen molar-refractivity contribution in [3.8, 4) is 0 Å². The zero-order valence-corrected chi connectivity index (χ0v) is 12.2. The number of aldehydes is 1. The summed E-state index contributed by atoms with van der Waals surface area (Å²) in [6.45, 7) is 0.164. The average molecular weight is 333 g/mol. The number of halogens is 3. The Balaban J connectivity index is 2.26. The third kappa shape index (κ3) is 2.13. The summed E-state index contributed by atoms with van der Waals surface area (Å²) in [5.74, 6) is -2.05. The second-order valence-corrected chi connectivity index (χ2v) is 5.46. The van der Waals surface area contributed by atoms with Gasteiger partial charge in [0.2, 0.25) is 5.88 Å². The van der Waals surface area contributed by atoms with Gasteiger partial charge in [-0.1, -0.05) is 0 Å². The number of rotatable bonds is 2. The molecule has 6 nitrogen and oxygen atoms in total. The van der Waals surface area contributed by atoms with Crippen molar-refractivity contribution < 1.29 is 36.7 Å². The molecule has 0 spiro atoms. The SMILES string of the molecule is COC(=O)C1(C(F)(F)F)OC[C@@H]2CCCN2c2oc(C=O)cc21. The number of nitrogens with zero attached hydrogens (tertiary/aromatic N) is 1. The highest BCUT2D eigenvalue weighted by Gasteiger charge is 2.67. The number of hydrogen-bond acceptors (Lipinski definition) is 6. The predicted molar refractivity (Wildman–Crippen MR) is 70.2 cm³/mol. The normalized spacial score (nSPS) is 27.1. The van der Waals surface area contributed by atoms with Crippen LogP contribution in [0.4, 0.5) is 19.1 Å². The molecule has 2 aliphatic heterocycles. The molecule has 126 valence electrons. The fourth-order valence-corrected chi connectivity index (χ4v) is 3.16. The first-order valence-electron chi connectivity index (χ1n) is 7.00. The van der Waals surface area contributed by atoms with E-state index < -0.39 is 23.3 Å². The molecular weight excluding hydrogens is 319 g/mol. The maximum Gasteiger partial charge on any atom is 0.433 e. The van der Waals surface area contributed by atoms with E-state index in [4.69, 9.17) is 9.15 Å². The van der Waals surface area contributed by atoms with Crippen molar-refractivity contribution in [3.63, 3.8) is 0 Å². The summed E-state index contributed by atoms with van der Waals surface area (Å²) in [5, 5.41) is 0. The first-order valence-corrected chi connectivity index (χ1v) is 7.00. The molecule has 0 aliphatic carbocycles. The maximum absolute atomic E-state index is 13.8. The van der Waals surface area contributed by atoms with E-state index >= 15 is 0 Å². The van der Waals surface area contributed by atoms with Gasteiger partial charge in [0.1, 0.15) is 0 Å².